The van der Waals surface area contributed by atoms with Crippen LogP contribution in [0.1, 0.15) is 10.5 Å². The van der Waals surface area contributed by atoms with Gasteiger partial charge in [0, 0.05) is 13.2 Å². The highest BCUT2D eigenvalue weighted by Crippen LogP contribution is 1.99. The second kappa shape index (κ2) is 2.66. The number of carbonyl (C=O) groups excluding carboxylic acids is 1. The summed E-state index contributed by atoms with van der Waals surface area (Å²) < 4.78 is 1.68. The lowest BCUT2D eigenvalue weighted by molar-refractivity contribution is 0.0895. The number of hydrogen-bond acceptors (Lipinski definition) is 2. The van der Waals surface area contributed by atoms with E-state index in [9.17, 15) is 4.79 Å². The Morgan fingerprint density at radius 1 is 1.80 bits per heavy atom. The van der Waals surface area contributed by atoms with Gasteiger partial charge in [-0.15, -0.1) is 0 Å². The lowest BCUT2D eigenvalue weighted by atomic mass is 10.3. The highest BCUT2D eigenvalue weighted by atomic mass is 16.3. The zero-order chi connectivity index (χ0) is 7.56. The Kier molecular flexibility index (Phi) is 1.87. The summed E-state index contributed by atoms with van der Waals surface area (Å²) in [7, 11) is 1.77. The van der Waals surface area contributed by atoms with E-state index in [1.807, 2.05) is 0 Å². The summed E-state index contributed by atoms with van der Waals surface area (Å²) >= 11 is 0. The van der Waals surface area contributed by atoms with Gasteiger partial charge < -0.3 is 9.67 Å². The number of aliphatic hydroxyl groups excluding tert-OH is 1. The van der Waals surface area contributed by atoms with Crippen LogP contribution < -0.4 is 0 Å². The summed E-state index contributed by atoms with van der Waals surface area (Å²) in [5, 5.41) is 8.47. The van der Waals surface area contributed by atoms with E-state index in [0.29, 0.717) is 5.69 Å². The van der Waals surface area contributed by atoms with Gasteiger partial charge in [-0.05, 0) is 12.1 Å². The minimum Gasteiger partial charge on any atom is -0.388 e. The van der Waals surface area contributed by atoms with Gasteiger partial charge in [-0.3, -0.25) is 4.79 Å². The van der Waals surface area contributed by atoms with Crippen molar-refractivity contribution in [1.82, 2.24) is 4.57 Å². The minimum atomic E-state index is -0.419. The molecule has 0 aromatic carbocycles. The smallest absolute Gasteiger partial charge is 0.204 e. The van der Waals surface area contributed by atoms with Gasteiger partial charge in [0.1, 0.15) is 6.61 Å². The summed E-state index contributed by atoms with van der Waals surface area (Å²) in [5.41, 5.74) is 0.544. The van der Waals surface area contributed by atoms with E-state index in [1.54, 1.807) is 29.9 Å². The molecule has 0 bridgehead atoms. The molecule has 0 aliphatic rings. The molecule has 0 aliphatic carbocycles. The number of hydrogen-bond donors (Lipinski definition) is 1. The van der Waals surface area contributed by atoms with E-state index >= 15 is 0 Å². The zero-order valence-corrected chi connectivity index (χ0v) is 5.74. The van der Waals surface area contributed by atoms with Crippen LogP contribution in [-0.2, 0) is 7.05 Å². The third kappa shape index (κ3) is 1.09. The molecule has 0 spiro atoms. The van der Waals surface area contributed by atoms with Crippen LogP contribution in [0.3, 0.4) is 0 Å². The number of carbonyl (C=O) groups is 1. The van der Waals surface area contributed by atoms with Crippen molar-refractivity contribution in [3.63, 3.8) is 0 Å². The average Bonchev–Trinajstić information content (AvgIpc) is 2.34. The van der Waals surface area contributed by atoms with E-state index in [2.05, 4.69) is 0 Å². The predicted molar refractivity (Wildman–Crippen MR) is 36.8 cm³/mol. The first-order valence-electron chi connectivity index (χ1n) is 3.01. The SMILES string of the molecule is Cn1cccc1C(=O)CO. The standard InChI is InChI=1S/C7H9NO2/c1-8-4-2-3-6(8)7(10)5-9/h2-4,9H,5H2,1H3. The van der Waals surface area contributed by atoms with Crippen LogP contribution >= 0.6 is 0 Å². The molecule has 0 atom stereocenters. The van der Waals surface area contributed by atoms with Gasteiger partial charge in [-0.1, -0.05) is 0 Å². The molecule has 3 nitrogen and oxygen atoms in total. The maximum Gasteiger partial charge on any atom is 0.204 e. The molecule has 0 unspecified atom stereocenters. The van der Waals surface area contributed by atoms with Gasteiger partial charge in [0.2, 0.25) is 5.78 Å². The third-order valence-corrected chi connectivity index (χ3v) is 1.37. The van der Waals surface area contributed by atoms with Crippen LogP contribution in [0.2, 0.25) is 0 Å². The fourth-order valence-electron chi connectivity index (χ4n) is 0.832. The highest BCUT2D eigenvalue weighted by molar-refractivity contribution is 5.95. The number of rotatable bonds is 2. The summed E-state index contributed by atoms with van der Waals surface area (Å²) in [5.74, 6) is -0.243. The lowest BCUT2D eigenvalue weighted by Crippen LogP contribution is -2.08. The lowest BCUT2D eigenvalue weighted by Gasteiger charge is -1.97. The van der Waals surface area contributed by atoms with Gasteiger partial charge in [0.05, 0.1) is 5.69 Å². The fraction of sp³-hybridized carbons (Fsp3) is 0.286. The van der Waals surface area contributed by atoms with Gasteiger partial charge in [0.25, 0.3) is 0 Å². The number of Topliss-reactive ketones (excluding diaryl/α,β-unsaturated/α-hetero) is 1. The van der Waals surface area contributed by atoms with Crippen molar-refractivity contribution in [3.05, 3.63) is 24.0 Å². The molecule has 1 heterocycles. The summed E-state index contributed by atoms with van der Waals surface area (Å²) in [6, 6.07) is 3.45. The van der Waals surface area contributed by atoms with Crippen molar-refractivity contribution in [2.75, 3.05) is 6.61 Å². The molecule has 54 valence electrons. The molecule has 10 heavy (non-hydrogen) atoms. The predicted octanol–water partition coefficient (Wildman–Crippen LogP) is 0.200. The van der Waals surface area contributed by atoms with Gasteiger partial charge in [0.15, 0.2) is 0 Å². The number of nitrogens with zero attached hydrogens (tertiary/aromatic N) is 1. The van der Waals surface area contributed by atoms with Crippen molar-refractivity contribution < 1.29 is 9.90 Å². The van der Waals surface area contributed by atoms with Gasteiger partial charge in [-0.25, -0.2) is 0 Å². The number of aliphatic hydroxyl groups is 1. The Morgan fingerprint density at radius 2 is 2.50 bits per heavy atom. The van der Waals surface area contributed by atoms with Crippen LogP contribution in [0.4, 0.5) is 0 Å². The van der Waals surface area contributed by atoms with E-state index in [1.165, 1.54) is 0 Å². The molecule has 0 radical (unpaired) electrons. The van der Waals surface area contributed by atoms with E-state index in [0.717, 1.165) is 0 Å². The van der Waals surface area contributed by atoms with Crippen LogP contribution in [0.15, 0.2) is 18.3 Å². The van der Waals surface area contributed by atoms with Crippen LogP contribution in [0, 0.1) is 0 Å². The minimum absolute atomic E-state index is 0.243. The van der Waals surface area contributed by atoms with Crippen molar-refractivity contribution >= 4 is 5.78 Å². The first kappa shape index (κ1) is 7.02. The molecule has 0 fully saturated rings. The second-order valence-electron chi connectivity index (χ2n) is 2.09. The summed E-state index contributed by atoms with van der Waals surface area (Å²) in [6.07, 6.45) is 1.77. The second-order valence-corrected chi connectivity index (χ2v) is 2.09. The molecule has 0 aliphatic heterocycles. The summed E-state index contributed by atoms with van der Waals surface area (Å²) in [6.45, 7) is -0.419. The average molecular weight is 139 g/mol. The molecule has 1 aromatic rings. The normalized spacial score (nSPS) is 9.80. The van der Waals surface area contributed by atoms with Crippen molar-refractivity contribution in [2.24, 2.45) is 7.05 Å². The van der Waals surface area contributed by atoms with E-state index < -0.39 is 6.61 Å². The Balaban J connectivity index is 2.93. The van der Waals surface area contributed by atoms with Gasteiger partial charge in [-0.2, -0.15) is 0 Å². The Labute approximate surface area is 58.9 Å². The van der Waals surface area contributed by atoms with Crippen LogP contribution in [0.25, 0.3) is 0 Å². The topological polar surface area (TPSA) is 42.2 Å². The third-order valence-electron chi connectivity index (χ3n) is 1.37. The Hall–Kier alpha value is -1.09. The molecular formula is C7H9NO2. The first-order valence-corrected chi connectivity index (χ1v) is 3.01. The zero-order valence-electron chi connectivity index (χ0n) is 5.74. The van der Waals surface area contributed by atoms with Crippen molar-refractivity contribution in [1.29, 1.82) is 0 Å². The Bertz CT molecular complexity index is 240. The number of aromatic nitrogens is 1. The van der Waals surface area contributed by atoms with Crippen LogP contribution in [0.5, 0.6) is 0 Å². The van der Waals surface area contributed by atoms with Gasteiger partial charge >= 0.3 is 0 Å². The quantitative estimate of drug-likeness (QED) is 0.595. The molecule has 0 amide bonds. The number of aryl methyl sites for hydroxylation is 1. The summed E-state index contributed by atoms with van der Waals surface area (Å²) in [4.78, 5) is 10.8. The van der Waals surface area contributed by atoms with E-state index in [-0.39, 0.29) is 5.78 Å². The maximum atomic E-state index is 10.8. The molecule has 1 aromatic heterocycles. The molecule has 1 rings (SSSR count). The molecule has 0 saturated heterocycles. The molecular weight excluding hydrogens is 130 g/mol. The van der Waals surface area contributed by atoms with E-state index in [4.69, 9.17) is 5.11 Å². The molecule has 1 N–H and O–H groups in total. The largest absolute Gasteiger partial charge is 0.388 e. The number of ketones is 1. The van der Waals surface area contributed by atoms with Crippen molar-refractivity contribution in [2.45, 2.75) is 0 Å². The molecule has 0 saturated carbocycles. The monoisotopic (exact) mass is 139 g/mol. The van der Waals surface area contributed by atoms with Crippen LogP contribution in [-0.4, -0.2) is 22.1 Å². The Morgan fingerprint density at radius 3 is 2.90 bits per heavy atom. The fourth-order valence-corrected chi connectivity index (χ4v) is 0.832. The first-order chi connectivity index (χ1) is 4.75. The maximum absolute atomic E-state index is 10.8. The molecule has 3 heteroatoms. The van der Waals surface area contributed by atoms with Crippen molar-refractivity contribution in [3.8, 4) is 0 Å². The highest BCUT2D eigenvalue weighted by Gasteiger charge is 2.05.